The fraction of sp³-hybridized carbons (Fsp3) is 0.286. The molecule has 38 heavy (non-hydrogen) atoms. The van der Waals surface area contributed by atoms with Gasteiger partial charge in [-0.15, -0.1) is 11.3 Å². The molecule has 0 aliphatic heterocycles. The molecule has 2 aromatic carbocycles. The Hall–Kier alpha value is -3.63. The molecule has 5 rings (SSSR count). The molecular weight excluding hydrogens is 520 g/mol. The summed E-state index contributed by atoms with van der Waals surface area (Å²) in [6.07, 6.45) is 5.64. The largest absolute Gasteiger partial charge is 0.497 e. The van der Waals surface area contributed by atoms with Gasteiger partial charge >= 0.3 is 0 Å². The first-order chi connectivity index (χ1) is 18.6. The van der Waals surface area contributed by atoms with Crippen LogP contribution in [0.4, 0.5) is 0 Å². The van der Waals surface area contributed by atoms with Crippen molar-refractivity contribution in [2.75, 3.05) is 19.5 Å². The first-order valence-corrected chi connectivity index (χ1v) is 14.3. The highest BCUT2D eigenvalue weighted by molar-refractivity contribution is 7.99. The Morgan fingerprint density at radius 1 is 1.18 bits per heavy atom. The number of benzene rings is 2. The number of aryl methyl sites for hydroxylation is 2. The second-order valence-corrected chi connectivity index (χ2v) is 10.7. The van der Waals surface area contributed by atoms with Crippen molar-refractivity contribution in [3.05, 3.63) is 74.9 Å². The molecule has 8 nitrogen and oxygen atoms in total. The number of para-hydroxylation sites is 1. The van der Waals surface area contributed by atoms with Crippen molar-refractivity contribution in [2.24, 2.45) is 5.10 Å². The molecule has 1 aliphatic rings. The van der Waals surface area contributed by atoms with Gasteiger partial charge in [-0.1, -0.05) is 23.9 Å². The lowest BCUT2D eigenvalue weighted by Gasteiger charge is -2.14. The summed E-state index contributed by atoms with van der Waals surface area (Å²) in [5.74, 6) is 1.13. The number of carbonyl (C=O) groups is 1. The van der Waals surface area contributed by atoms with Gasteiger partial charge in [-0.25, -0.2) is 10.4 Å². The predicted molar refractivity (Wildman–Crippen MR) is 152 cm³/mol. The van der Waals surface area contributed by atoms with Crippen LogP contribution in [0.5, 0.6) is 11.5 Å². The maximum atomic E-state index is 13.8. The average Bonchev–Trinajstić information content (AvgIpc) is 3.32. The Bertz CT molecular complexity index is 1540. The van der Waals surface area contributed by atoms with E-state index in [0.29, 0.717) is 34.3 Å². The first kappa shape index (κ1) is 26.0. The van der Waals surface area contributed by atoms with E-state index in [9.17, 15) is 9.59 Å². The number of thiophene rings is 1. The standard InChI is InChI=1S/C28H28N4O4S2/c1-3-36-22-10-6-4-8-18(22)16-29-31-24(33)17-37-28-30-26-25(21-9-5-7-11-23(21)38-26)27(34)32(28)19-12-14-20(35-2)15-13-19/h4,6,8,10,12-16H,3,5,7,9,11,17H2,1-2H3,(H,31,33). The number of hydrogen-bond donors (Lipinski definition) is 1. The lowest BCUT2D eigenvalue weighted by atomic mass is 9.97. The molecule has 2 aromatic heterocycles. The number of thioether (sulfide) groups is 1. The minimum Gasteiger partial charge on any atom is -0.497 e. The van der Waals surface area contributed by atoms with Crippen molar-refractivity contribution in [3.63, 3.8) is 0 Å². The highest BCUT2D eigenvalue weighted by Gasteiger charge is 2.23. The van der Waals surface area contributed by atoms with Crippen LogP contribution < -0.4 is 20.5 Å². The quantitative estimate of drug-likeness (QED) is 0.137. The number of fused-ring (bicyclic) bond motifs is 3. The Kier molecular flexibility index (Phi) is 8.09. The molecule has 0 spiro atoms. The Balaban J connectivity index is 1.41. The Morgan fingerprint density at radius 3 is 2.76 bits per heavy atom. The minimum absolute atomic E-state index is 0.0453. The molecule has 0 fully saturated rings. The van der Waals surface area contributed by atoms with Crippen molar-refractivity contribution in [2.45, 2.75) is 37.8 Å². The van der Waals surface area contributed by atoms with Gasteiger partial charge in [0.2, 0.25) is 0 Å². The SMILES string of the molecule is CCOc1ccccc1C=NNC(=O)CSc1nc2sc3c(c2c(=O)n1-c1ccc(OC)cc1)CCCC3. The van der Waals surface area contributed by atoms with E-state index < -0.39 is 0 Å². The molecule has 10 heteroatoms. The monoisotopic (exact) mass is 548 g/mol. The van der Waals surface area contributed by atoms with Gasteiger partial charge in [-0.2, -0.15) is 5.10 Å². The highest BCUT2D eigenvalue weighted by Crippen LogP contribution is 2.35. The van der Waals surface area contributed by atoms with Crippen LogP contribution in [0.25, 0.3) is 15.9 Å². The lowest BCUT2D eigenvalue weighted by Crippen LogP contribution is -2.24. The number of aromatic nitrogens is 2. The van der Waals surface area contributed by atoms with Gasteiger partial charge in [0, 0.05) is 10.4 Å². The van der Waals surface area contributed by atoms with Gasteiger partial charge in [0.05, 0.1) is 36.8 Å². The van der Waals surface area contributed by atoms with Crippen LogP contribution in [0.2, 0.25) is 0 Å². The van der Waals surface area contributed by atoms with E-state index in [1.165, 1.54) is 16.6 Å². The van der Waals surface area contributed by atoms with Crippen molar-refractivity contribution in [1.29, 1.82) is 0 Å². The molecule has 0 saturated carbocycles. The van der Waals surface area contributed by atoms with E-state index in [1.807, 2.05) is 55.5 Å². The number of amides is 1. The summed E-state index contributed by atoms with van der Waals surface area (Å²) in [5.41, 5.74) is 5.03. The topological polar surface area (TPSA) is 94.8 Å². The maximum absolute atomic E-state index is 13.8. The second-order valence-electron chi connectivity index (χ2n) is 8.68. The molecule has 4 aromatic rings. The summed E-state index contributed by atoms with van der Waals surface area (Å²) in [6, 6.07) is 14.8. The molecule has 1 N–H and O–H groups in total. The zero-order valence-corrected chi connectivity index (χ0v) is 22.9. The zero-order valence-electron chi connectivity index (χ0n) is 21.2. The molecule has 1 aliphatic carbocycles. The summed E-state index contributed by atoms with van der Waals surface area (Å²) in [7, 11) is 1.60. The lowest BCUT2D eigenvalue weighted by molar-refractivity contribution is -0.118. The normalized spacial score (nSPS) is 13.0. The maximum Gasteiger partial charge on any atom is 0.267 e. The smallest absolute Gasteiger partial charge is 0.267 e. The Morgan fingerprint density at radius 2 is 1.97 bits per heavy atom. The average molecular weight is 549 g/mol. The summed E-state index contributed by atoms with van der Waals surface area (Å²) < 4.78 is 12.5. The number of hydrogen-bond acceptors (Lipinski definition) is 8. The third-order valence-corrected chi connectivity index (χ3v) is 8.36. The van der Waals surface area contributed by atoms with Crippen LogP contribution in [-0.4, -0.2) is 41.1 Å². The molecular formula is C28H28N4O4S2. The van der Waals surface area contributed by atoms with Gasteiger partial charge in [0.1, 0.15) is 16.3 Å². The Labute approximate surface area is 228 Å². The number of carbonyl (C=O) groups excluding carboxylic acids is 1. The summed E-state index contributed by atoms with van der Waals surface area (Å²) >= 11 is 2.80. The van der Waals surface area contributed by atoms with Gasteiger partial charge in [0.25, 0.3) is 11.5 Å². The molecule has 2 heterocycles. The second kappa shape index (κ2) is 11.8. The van der Waals surface area contributed by atoms with Crippen molar-refractivity contribution in [3.8, 4) is 17.2 Å². The molecule has 0 unspecified atom stereocenters. The van der Waals surface area contributed by atoms with E-state index in [2.05, 4.69) is 10.5 Å². The fourth-order valence-electron chi connectivity index (χ4n) is 4.45. The molecule has 0 saturated heterocycles. The number of ether oxygens (including phenoxy) is 2. The van der Waals surface area contributed by atoms with Crippen molar-refractivity contribution >= 4 is 45.4 Å². The predicted octanol–water partition coefficient (Wildman–Crippen LogP) is 4.98. The first-order valence-electron chi connectivity index (χ1n) is 12.5. The molecule has 196 valence electrons. The molecule has 0 atom stereocenters. The van der Waals surface area contributed by atoms with Crippen LogP contribution >= 0.6 is 23.1 Å². The van der Waals surface area contributed by atoms with Crippen molar-refractivity contribution < 1.29 is 14.3 Å². The molecule has 1 amide bonds. The van der Waals surface area contributed by atoms with Crippen molar-refractivity contribution in [1.82, 2.24) is 15.0 Å². The summed E-state index contributed by atoms with van der Waals surface area (Å²) in [5, 5.41) is 5.25. The third kappa shape index (κ3) is 5.46. The van der Waals surface area contributed by atoms with E-state index in [0.717, 1.165) is 41.6 Å². The number of methoxy groups -OCH3 is 1. The molecule has 0 radical (unpaired) electrons. The highest BCUT2D eigenvalue weighted by atomic mass is 32.2. The molecule has 0 bridgehead atoms. The van der Waals surface area contributed by atoms with E-state index in [1.54, 1.807) is 29.2 Å². The number of hydrazone groups is 1. The van der Waals surface area contributed by atoms with E-state index >= 15 is 0 Å². The number of nitrogens with zero attached hydrogens (tertiary/aromatic N) is 3. The van der Waals surface area contributed by atoms with Crippen LogP contribution in [0, 0.1) is 0 Å². The fourth-order valence-corrected chi connectivity index (χ4v) is 6.56. The van der Waals surface area contributed by atoms with E-state index in [-0.39, 0.29) is 17.2 Å². The zero-order chi connectivity index (χ0) is 26.5. The third-order valence-electron chi connectivity index (χ3n) is 6.23. The van der Waals surface area contributed by atoms with Gasteiger partial charge in [-0.3, -0.25) is 14.2 Å². The van der Waals surface area contributed by atoms with Gasteiger partial charge < -0.3 is 9.47 Å². The van der Waals surface area contributed by atoms with Gasteiger partial charge in [-0.05, 0) is 74.6 Å². The van der Waals surface area contributed by atoms with E-state index in [4.69, 9.17) is 14.5 Å². The summed E-state index contributed by atoms with van der Waals surface area (Å²) in [6.45, 7) is 2.45. The minimum atomic E-state index is -0.304. The van der Waals surface area contributed by atoms with Gasteiger partial charge in [0.15, 0.2) is 5.16 Å². The van der Waals surface area contributed by atoms with Crippen LogP contribution in [-0.2, 0) is 17.6 Å². The van der Waals surface area contributed by atoms with Crippen LogP contribution in [0.1, 0.15) is 35.8 Å². The number of rotatable bonds is 9. The van der Waals surface area contributed by atoms with Crippen LogP contribution in [0.15, 0.2) is 63.6 Å². The van der Waals surface area contributed by atoms with Crippen LogP contribution in [0.3, 0.4) is 0 Å². The number of nitrogens with one attached hydrogen (secondary N) is 1. The summed E-state index contributed by atoms with van der Waals surface area (Å²) in [4.78, 5) is 33.4.